The van der Waals surface area contributed by atoms with Crippen LogP contribution in [0.4, 0.5) is 0 Å². The van der Waals surface area contributed by atoms with E-state index in [1.54, 1.807) is 21.3 Å². The lowest BCUT2D eigenvalue weighted by Gasteiger charge is -2.23. The highest BCUT2D eigenvalue weighted by Crippen LogP contribution is 2.29. The summed E-state index contributed by atoms with van der Waals surface area (Å²) in [6, 6.07) is 5.62. The Morgan fingerprint density at radius 3 is 2.47 bits per heavy atom. The minimum absolute atomic E-state index is 0.0245. The first kappa shape index (κ1) is 15.8. The Hall–Kier alpha value is -1.30. The van der Waals surface area contributed by atoms with E-state index in [2.05, 4.69) is 5.32 Å². The Bertz CT molecular complexity index is 384. The fraction of sp³-hybridized carbons (Fsp3) is 0.571. The fourth-order valence-corrected chi connectivity index (χ4v) is 1.97. The molecule has 2 atom stereocenters. The van der Waals surface area contributed by atoms with Crippen LogP contribution in [0.15, 0.2) is 18.2 Å². The largest absolute Gasteiger partial charge is 0.497 e. The summed E-state index contributed by atoms with van der Waals surface area (Å²) >= 11 is 0. The molecule has 0 amide bonds. The lowest BCUT2D eigenvalue weighted by molar-refractivity contribution is 0.123. The van der Waals surface area contributed by atoms with Gasteiger partial charge < -0.3 is 24.6 Å². The third-order valence-corrected chi connectivity index (χ3v) is 2.98. The highest BCUT2D eigenvalue weighted by Gasteiger charge is 2.16. The molecule has 0 aliphatic heterocycles. The van der Waals surface area contributed by atoms with Gasteiger partial charge in [0, 0.05) is 24.8 Å². The molecule has 0 aromatic heterocycles. The Balaban J connectivity index is 2.83. The van der Waals surface area contributed by atoms with Crippen molar-refractivity contribution in [3.63, 3.8) is 0 Å². The zero-order valence-corrected chi connectivity index (χ0v) is 12.0. The van der Waals surface area contributed by atoms with Crippen molar-refractivity contribution in [2.45, 2.75) is 19.0 Å². The van der Waals surface area contributed by atoms with Crippen molar-refractivity contribution in [2.75, 3.05) is 34.5 Å². The summed E-state index contributed by atoms with van der Waals surface area (Å²) in [6.07, 6.45) is 0. The number of aliphatic hydroxyl groups is 1. The SMILES string of the molecule is COCC(CO)NC(C)c1ccc(OC)cc1OC. The van der Waals surface area contributed by atoms with Crippen molar-refractivity contribution in [1.82, 2.24) is 5.32 Å². The molecule has 0 heterocycles. The topological polar surface area (TPSA) is 60.0 Å². The molecule has 1 aromatic carbocycles. The van der Waals surface area contributed by atoms with Crippen LogP contribution in [0.25, 0.3) is 0 Å². The summed E-state index contributed by atoms with van der Waals surface area (Å²) in [5, 5.41) is 12.6. The summed E-state index contributed by atoms with van der Waals surface area (Å²) in [4.78, 5) is 0. The van der Waals surface area contributed by atoms with Gasteiger partial charge in [-0.15, -0.1) is 0 Å². The molecule has 108 valence electrons. The van der Waals surface area contributed by atoms with E-state index >= 15 is 0 Å². The van der Waals surface area contributed by atoms with Crippen LogP contribution in [0.5, 0.6) is 11.5 Å². The van der Waals surface area contributed by atoms with Crippen molar-refractivity contribution in [1.29, 1.82) is 0 Å². The van der Waals surface area contributed by atoms with E-state index in [4.69, 9.17) is 14.2 Å². The predicted octanol–water partition coefficient (Wildman–Crippen LogP) is 1.36. The van der Waals surface area contributed by atoms with E-state index in [-0.39, 0.29) is 18.7 Å². The minimum atomic E-state index is -0.105. The third kappa shape index (κ3) is 4.38. The molecule has 0 bridgehead atoms. The number of nitrogens with one attached hydrogen (secondary N) is 1. The van der Waals surface area contributed by atoms with Crippen LogP contribution in [0.2, 0.25) is 0 Å². The Morgan fingerprint density at radius 1 is 1.21 bits per heavy atom. The van der Waals surface area contributed by atoms with Crippen LogP contribution in [0, 0.1) is 0 Å². The summed E-state index contributed by atoms with van der Waals surface area (Å²) < 4.78 is 15.6. The second-order valence-corrected chi connectivity index (χ2v) is 4.33. The monoisotopic (exact) mass is 269 g/mol. The molecular weight excluding hydrogens is 246 g/mol. The van der Waals surface area contributed by atoms with Crippen LogP contribution in [0.3, 0.4) is 0 Å². The molecule has 0 saturated carbocycles. The van der Waals surface area contributed by atoms with Gasteiger partial charge in [-0.2, -0.15) is 0 Å². The lowest BCUT2D eigenvalue weighted by atomic mass is 10.1. The van der Waals surface area contributed by atoms with Crippen LogP contribution < -0.4 is 14.8 Å². The fourth-order valence-electron chi connectivity index (χ4n) is 1.97. The first-order chi connectivity index (χ1) is 9.15. The van der Waals surface area contributed by atoms with Gasteiger partial charge in [-0.05, 0) is 13.0 Å². The number of ether oxygens (including phenoxy) is 3. The van der Waals surface area contributed by atoms with Crippen LogP contribution in [-0.2, 0) is 4.74 Å². The van der Waals surface area contributed by atoms with E-state index in [0.29, 0.717) is 6.61 Å². The number of hydrogen-bond acceptors (Lipinski definition) is 5. The summed E-state index contributed by atoms with van der Waals surface area (Å²) in [5.41, 5.74) is 1.01. The highest BCUT2D eigenvalue weighted by molar-refractivity contribution is 5.42. The average Bonchev–Trinajstić information content (AvgIpc) is 2.45. The maximum Gasteiger partial charge on any atom is 0.127 e. The predicted molar refractivity (Wildman–Crippen MR) is 73.8 cm³/mol. The van der Waals surface area contributed by atoms with Gasteiger partial charge in [-0.1, -0.05) is 6.07 Å². The molecule has 0 saturated heterocycles. The minimum Gasteiger partial charge on any atom is -0.497 e. The molecular formula is C14H23NO4. The highest BCUT2D eigenvalue weighted by atomic mass is 16.5. The molecule has 2 unspecified atom stereocenters. The Labute approximate surface area is 114 Å². The van der Waals surface area contributed by atoms with Crippen molar-refractivity contribution < 1.29 is 19.3 Å². The van der Waals surface area contributed by atoms with Gasteiger partial charge in [0.1, 0.15) is 11.5 Å². The maximum absolute atomic E-state index is 9.27. The van der Waals surface area contributed by atoms with Crippen LogP contribution >= 0.6 is 0 Å². The number of rotatable bonds is 8. The smallest absolute Gasteiger partial charge is 0.127 e. The number of hydrogen-bond donors (Lipinski definition) is 2. The second-order valence-electron chi connectivity index (χ2n) is 4.33. The van der Waals surface area contributed by atoms with Gasteiger partial charge >= 0.3 is 0 Å². The normalized spacial score (nSPS) is 13.9. The van der Waals surface area contributed by atoms with E-state index in [0.717, 1.165) is 17.1 Å². The van der Waals surface area contributed by atoms with E-state index in [1.807, 2.05) is 25.1 Å². The number of aliphatic hydroxyl groups excluding tert-OH is 1. The van der Waals surface area contributed by atoms with E-state index in [1.165, 1.54) is 0 Å². The van der Waals surface area contributed by atoms with Gasteiger partial charge in [-0.25, -0.2) is 0 Å². The first-order valence-corrected chi connectivity index (χ1v) is 6.24. The van der Waals surface area contributed by atoms with Crippen LogP contribution in [0.1, 0.15) is 18.5 Å². The van der Waals surface area contributed by atoms with Crippen molar-refractivity contribution in [2.24, 2.45) is 0 Å². The van der Waals surface area contributed by atoms with Crippen molar-refractivity contribution in [3.05, 3.63) is 23.8 Å². The number of benzene rings is 1. The molecule has 0 aliphatic carbocycles. The zero-order valence-electron chi connectivity index (χ0n) is 12.0. The van der Waals surface area contributed by atoms with Gasteiger partial charge in [0.25, 0.3) is 0 Å². The molecule has 5 nitrogen and oxygen atoms in total. The second kappa shape index (κ2) is 7.99. The zero-order chi connectivity index (χ0) is 14.3. The molecule has 0 radical (unpaired) electrons. The lowest BCUT2D eigenvalue weighted by Crippen LogP contribution is -2.38. The molecule has 19 heavy (non-hydrogen) atoms. The van der Waals surface area contributed by atoms with Crippen molar-refractivity contribution in [3.8, 4) is 11.5 Å². The summed E-state index contributed by atoms with van der Waals surface area (Å²) in [5.74, 6) is 1.51. The summed E-state index contributed by atoms with van der Waals surface area (Å²) in [6.45, 7) is 2.50. The van der Waals surface area contributed by atoms with Gasteiger partial charge in [0.15, 0.2) is 0 Å². The van der Waals surface area contributed by atoms with Gasteiger partial charge in [0.2, 0.25) is 0 Å². The van der Waals surface area contributed by atoms with Crippen LogP contribution in [-0.4, -0.2) is 45.7 Å². The Kier molecular flexibility index (Phi) is 6.62. The molecule has 1 aromatic rings. The maximum atomic E-state index is 9.27. The Morgan fingerprint density at radius 2 is 1.95 bits per heavy atom. The molecule has 0 spiro atoms. The quantitative estimate of drug-likeness (QED) is 0.746. The molecule has 0 aliphatic rings. The first-order valence-electron chi connectivity index (χ1n) is 6.24. The van der Waals surface area contributed by atoms with Crippen molar-refractivity contribution >= 4 is 0 Å². The molecule has 0 fully saturated rings. The van der Waals surface area contributed by atoms with Gasteiger partial charge in [0.05, 0.1) is 33.5 Å². The molecule has 5 heteroatoms. The van der Waals surface area contributed by atoms with Gasteiger partial charge in [-0.3, -0.25) is 0 Å². The third-order valence-electron chi connectivity index (χ3n) is 2.98. The van der Waals surface area contributed by atoms with E-state index < -0.39 is 0 Å². The molecule has 2 N–H and O–H groups in total. The average molecular weight is 269 g/mol. The summed E-state index contributed by atoms with van der Waals surface area (Å²) in [7, 11) is 4.86. The standard InChI is InChI=1S/C14H23NO4/c1-10(15-11(8-16)9-17-2)13-6-5-12(18-3)7-14(13)19-4/h5-7,10-11,15-16H,8-9H2,1-4H3. The number of methoxy groups -OCH3 is 3. The van der Waals surface area contributed by atoms with E-state index in [9.17, 15) is 5.11 Å². The molecule has 1 rings (SSSR count).